The van der Waals surface area contributed by atoms with E-state index < -0.39 is 23.0 Å². The first-order valence-corrected chi connectivity index (χ1v) is 11.3. The molecular weight excluding hydrogens is 432 g/mol. The molecule has 0 aromatic carbocycles. The van der Waals surface area contributed by atoms with Crippen molar-refractivity contribution in [2.24, 2.45) is 0 Å². The number of nitrogens with zero attached hydrogens (tertiary/aromatic N) is 3. The quantitative estimate of drug-likeness (QED) is 0.284. The summed E-state index contributed by atoms with van der Waals surface area (Å²) in [5, 5.41) is 32.9. The highest BCUT2D eigenvalue weighted by Crippen LogP contribution is 2.36. The van der Waals surface area contributed by atoms with Crippen molar-refractivity contribution in [3.8, 4) is 0 Å². The van der Waals surface area contributed by atoms with Gasteiger partial charge >= 0.3 is 11.9 Å². The minimum Gasteiger partial charge on any atom is -0.481 e. The van der Waals surface area contributed by atoms with Crippen LogP contribution in [0.1, 0.15) is 60.3 Å². The molecule has 11 nitrogen and oxygen atoms in total. The zero-order valence-electron chi connectivity index (χ0n) is 20.5. The summed E-state index contributed by atoms with van der Waals surface area (Å²) in [5.74, 6) is -2.35. The van der Waals surface area contributed by atoms with Crippen molar-refractivity contribution in [2.45, 2.75) is 77.4 Å². The van der Waals surface area contributed by atoms with Gasteiger partial charge in [0, 0.05) is 49.7 Å². The van der Waals surface area contributed by atoms with Gasteiger partial charge in [0.2, 0.25) is 5.91 Å². The van der Waals surface area contributed by atoms with E-state index >= 15 is 0 Å². The van der Waals surface area contributed by atoms with E-state index in [-0.39, 0.29) is 56.8 Å². The van der Waals surface area contributed by atoms with Crippen LogP contribution in [0.3, 0.4) is 0 Å². The van der Waals surface area contributed by atoms with Crippen LogP contribution in [0.15, 0.2) is 0 Å². The molecule has 0 aromatic rings. The smallest absolute Gasteiger partial charge is 0.317 e. The van der Waals surface area contributed by atoms with Crippen molar-refractivity contribution in [3.63, 3.8) is 0 Å². The Morgan fingerprint density at radius 1 is 0.848 bits per heavy atom. The summed E-state index contributed by atoms with van der Waals surface area (Å²) in [7, 11) is 0. The second-order valence-corrected chi connectivity index (χ2v) is 10.2. The fraction of sp³-hybridized carbons (Fsp3) is 0.818. The summed E-state index contributed by atoms with van der Waals surface area (Å²) < 4.78 is 0. The lowest BCUT2D eigenvalue weighted by atomic mass is 9.79. The van der Waals surface area contributed by atoms with Gasteiger partial charge in [0.05, 0.1) is 19.5 Å². The minimum absolute atomic E-state index is 0.0168. The Bertz CT molecular complexity index is 675. The Hall–Kier alpha value is -2.08. The van der Waals surface area contributed by atoms with Crippen LogP contribution in [0.5, 0.6) is 0 Å². The first kappa shape index (κ1) is 29.0. The van der Waals surface area contributed by atoms with Crippen LogP contribution in [0.25, 0.3) is 0 Å². The molecule has 11 heteroatoms. The van der Waals surface area contributed by atoms with Crippen molar-refractivity contribution in [1.82, 2.24) is 20.2 Å². The van der Waals surface area contributed by atoms with Crippen LogP contribution >= 0.6 is 0 Å². The largest absolute Gasteiger partial charge is 0.481 e. The molecule has 1 saturated heterocycles. The molecule has 0 aliphatic carbocycles. The van der Waals surface area contributed by atoms with E-state index in [0.717, 1.165) is 0 Å². The molecule has 1 fully saturated rings. The summed E-state index contributed by atoms with van der Waals surface area (Å²) in [6, 6.07) is -0.166. The van der Waals surface area contributed by atoms with Gasteiger partial charge in [-0.15, -0.1) is 0 Å². The highest BCUT2D eigenvalue weighted by atomic mass is 16.5. The summed E-state index contributed by atoms with van der Waals surface area (Å²) in [5.41, 5.74) is -1.05. The third-order valence-electron chi connectivity index (χ3n) is 5.88. The van der Waals surface area contributed by atoms with E-state index in [4.69, 9.17) is 5.11 Å². The number of hydrogen-bond acceptors (Lipinski definition) is 8. The predicted octanol–water partition coefficient (Wildman–Crippen LogP) is 0.656. The van der Waals surface area contributed by atoms with Crippen molar-refractivity contribution < 1.29 is 34.6 Å². The number of carbonyl (C=O) groups excluding carboxylic acids is 2. The van der Waals surface area contributed by atoms with Gasteiger partial charge in [0.1, 0.15) is 5.78 Å². The molecule has 33 heavy (non-hydrogen) atoms. The molecule has 0 saturated carbocycles. The topological polar surface area (TPSA) is 151 Å². The third kappa shape index (κ3) is 10.6. The molecule has 1 aliphatic rings. The first-order chi connectivity index (χ1) is 15.1. The van der Waals surface area contributed by atoms with E-state index in [1.54, 1.807) is 4.90 Å². The molecule has 0 unspecified atom stereocenters. The van der Waals surface area contributed by atoms with E-state index in [1.165, 1.54) is 16.9 Å². The lowest BCUT2D eigenvalue weighted by Gasteiger charge is -2.51. The normalized spacial score (nSPS) is 18.4. The van der Waals surface area contributed by atoms with Gasteiger partial charge in [0.15, 0.2) is 0 Å². The third-order valence-corrected chi connectivity index (χ3v) is 5.88. The van der Waals surface area contributed by atoms with Gasteiger partial charge in [0.25, 0.3) is 0 Å². The average Bonchev–Trinajstić information content (AvgIpc) is 2.63. The first-order valence-electron chi connectivity index (χ1n) is 11.3. The molecule has 0 spiro atoms. The maximum Gasteiger partial charge on any atom is 0.317 e. The number of piperidine rings is 1. The number of carboxylic acid groups (broad SMARTS) is 2. The standard InChI is InChI=1S/C22H40N4O7/c1-16(27)6-8-24(9-7-19(29)30)10-11-25(15-20(31)32)14-18(28)23-17-12-21(2,3)26(33)22(4,5)13-17/h17,33H,6-15H2,1-5H3,(H,23,28)(H,29,30)(H,31,32). The molecule has 4 N–H and O–H groups in total. The van der Waals surface area contributed by atoms with Crippen LogP contribution < -0.4 is 5.32 Å². The highest BCUT2D eigenvalue weighted by molar-refractivity contribution is 5.79. The number of nitrogens with one attached hydrogen (secondary N) is 1. The Balaban J connectivity index is 2.73. The number of hydroxylamine groups is 2. The van der Waals surface area contributed by atoms with Crippen LogP contribution in [0.4, 0.5) is 0 Å². The molecule has 0 aromatic heterocycles. The van der Waals surface area contributed by atoms with Crippen molar-refractivity contribution >= 4 is 23.6 Å². The van der Waals surface area contributed by atoms with Crippen LogP contribution in [-0.4, -0.2) is 110 Å². The zero-order chi connectivity index (χ0) is 25.4. The Kier molecular flexibility index (Phi) is 10.9. The van der Waals surface area contributed by atoms with E-state index in [2.05, 4.69) is 5.32 Å². The number of amides is 1. The highest BCUT2D eigenvalue weighted by Gasteiger charge is 2.45. The maximum atomic E-state index is 12.7. The van der Waals surface area contributed by atoms with E-state index in [1.807, 2.05) is 27.7 Å². The number of Topliss-reactive ketones (excluding diaryl/α,β-unsaturated/α-hetero) is 1. The molecule has 0 radical (unpaired) electrons. The Morgan fingerprint density at radius 2 is 1.36 bits per heavy atom. The molecule has 0 atom stereocenters. The fourth-order valence-electron chi connectivity index (χ4n) is 4.44. The summed E-state index contributed by atoms with van der Waals surface area (Å²) in [4.78, 5) is 49.6. The molecule has 1 amide bonds. The van der Waals surface area contributed by atoms with Gasteiger partial charge in [-0.25, -0.2) is 0 Å². The molecule has 1 rings (SSSR count). The van der Waals surface area contributed by atoms with Crippen molar-refractivity contribution in [2.75, 3.05) is 39.3 Å². The number of carbonyl (C=O) groups is 4. The zero-order valence-corrected chi connectivity index (χ0v) is 20.5. The number of ketones is 1. The van der Waals surface area contributed by atoms with Gasteiger partial charge in [-0.2, -0.15) is 5.06 Å². The molecule has 0 bridgehead atoms. The molecular formula is C22H40N4O7. The second kappa shape index (κ2) is 12.4. The Morgan fingerprint density at radius 3 is 1.85 bits per heavy atom. The number of aliphatic carboxylic acids is 2. The van der Waals surface area contributed by atoms with Gasteiger partial charge in [-0.3, -0.25) is 24.1 Å². The maximum absolute atomic E-state index is 12.7. The predicted molar refractivity (Wildman–Crippen MR) is 121 cm³/mol. The lowest BCUT2D eigenvalue weighted by Crippen LogP contribution is -2.63. The average molecular weight is 473 g/mol. The minimum atomic E-state index is -1.07. The molecule has 1 aliphatic heterocycles. The monoisotopic (exact) mass is 472 g/mol. The van der Waals surface area contributed by atoms with E-state index in [9.17, 15) is 29.5 Å². The SMILES string of the molecule is CC(=O)CCN(CCC(=O)O)CCN(CC(=O)O)CC(=O)NC1CC(C)(C)N(O)C(C)(C)C1. The summed E-state index contributed by atoms with van der Waals surface area (Å²) in [6.07, 6.45) is 1.28. The second-order valence-electron chi connectivity index (χ2n) is 10.2. The van der Waals surface area contributed by atoms with Gasteiger partial charge < -0.3 is 25.6 Å². The number of carboxylic acids is 2. The number of hydrogen-bond donors (Lipinski definition) is 4. The van der Waals surface area contributed by atoms with Crippen molar-refractivity contribution in [3.05, 3.63) is 0 Å². The Labute approximate surface area is 195 Å². The number of rotatable bonds is 14. The van der Waals surface area contributed by atoms with Crippen molar-refractivity contribution in [1.29, 1.82) is 0 Å². The molecule has 1 heterocycles. The van der Waals surface area contributed by atoms with Gasteiger partial charge in [-0.1, -0.05) is 0 Å². The van der Waals surface area contributed by atoms with E-state index in [0.29, 0.717) is 25.9 Å². The van der Waals surface area contributed by atoms with Crippen LogP contribution in [0, 0.1) is 0 Å². The lowest BCUT2D eigenvalue weighted by molar-refractivity contribution is -0.246. The molecule has 190 valence electrons. The fourth-order valence-corrected chi connectivity index (χ4v) is 4.44. The van der Waals surface area contributed by atoms with Crippen LogP contribution in [0.2, 0.25) is 0 Å². The van der Waals surface area contributed by atoms with Gasteiger partial charge in [-0.05, 0) is 47.5 Å². The summed E-state index contributed by atoms with van der Waals surface area (Å²) >= 11 is 0. The summed E-state index contributed by atoms with van der Waals surface area (Å²) in [6.45, 7) is 9.79. The van der Waals surface area contributed by atoms with Crippen LogP contribution in [-0.2, 0) is 19.2 Å².